The Kier molecular flexibility index (Phi) is 15.1. The number of nitrogens with zero attached hydrogens (tertiary/aromatic N) is 4. The van der Waals surface area contributed by atoms with E-state index in [0.717, 1.165) is 24.0 Å². The smallest absolute Gasteiger partial charge is 0.407 e. The molecule has 59 heavy (non-hydrogen) atoms. The third-order valence-corrected chi connectivity index (χ3v) is 10.3. The molecule has 3 aromatic rings. The zero-order valence-electron chi connectivity index (χ0n) is 34.2. The number of imidazole rings is 1. The molecule has 5 rings (SSSR count). The number of aliphatic imine (C=N–C) groups is 1. The van der Waals surface area contributed by atoms with Crippen LogP contribution in [0, 0.1) is 29.6 Å². The number of likely N-dealkylation sites (tertiary alicyclic amines) is 2. The molecule has 3 heterocycles. The Morgan fingerprint density at radius 3 is 2.22 bits per heavy atom. The van der Waals surface area contributed by atoms with E-state index < -0.39 is 36.4 Å². The normalized spacial score (nSPS) is 18.2. The molecule has 0 bridgehead atoms. The van der Waals surface area contributed by atoms with Gasteiger partial charge in [-0.05, 0) is 73.0 Å². The number of carbonyl (C=O) groups is 4. The number of aromatic amines is 1. The number of hydrogen-bond acceptors (Lipinski definition) is 8. The highest BCUT2D eigenvalue weighted by Gasteiger charge is 2.38. The Bertz CT molecular complexity index is 2180. The average Bonchev–Trinajstić information content (AvgIpc) is 4.05. The van der Waals surface area contributed by atoms with Crippen molar-refractivity contribution in [2.75, 3.05) is 27.3 Å². The van der Waals surface area contributed by atoms with Gasteiger partial charge in [0.25, 0.3) is 5.91 Å². The number of H-pyrrole nitrogens is 1. The van der Waals surface area contributed by atoms with Crippen LogP contribution in [0.1, 0.15) is 81.2 Å². The summed E-state index contributed by atoms with van der Waals surface area (Å²) in [6.07, 6.45) is 4.75. The number of carbonyl (C=O) groups excluding carboxylic acids is 4. The Hall–Kier alpha value is -6.80. The fourth-order valence-electron chi connectivity index (χ4n) is 7.35. The van der Waals surface area contributed by atoms with E-state index in [1.54, 1.807) is 34.2 Å². The predicted octanol–water partition coefficient (Wildman–Crippen LogP) is 5.28. The Morgan fingerprint density at radius 1 is 0.915 bits per heavy atom. The summed E-state index contributed by atoms with van der Waals surface area (Å²) in [5.41, 5.74) is 10.1. The second-order valence-electron chi connectivity index (χ2n) is 14.5. The lowest BCUT2D eigenvalue weighted by atomic mass is 9.96. The largest absolute Gasteiger partial charge is 0.453 e. The Balaban J connectivity index is 1.38. The van der Waals surface area contributed by atoms with E-state index in [0.29, 0.717) is 48.6 Å². The van der Waals surface area contributed by atoms with Crippen molar-refractivity contribution in [3.8, 4) is 23.7 Å². The molecule has 2 aliphatic rings. The van der Waals surface area contributed by atoms with Crippen molar-refractivity contribution >= 4 is 35.4 Å². The molecule has 4 amide bonds. The van der Waals surface area contributed by atoms with Crippen molar-refractivity contribution in [1.82, 2.24) is 30.4 Å². The molecule has 0 saturated carbocycles. The number of aromatic nitrogens is 2. The molecule has 14 heteroatoms. The van der Waals surface area contributed by atoms with E-state index >= 15 is 0 Å². The van der Waals surface area contributed by atoms with Gasteiger partial charge in [0.2, 0.25) is 5.91 Å². The first-order valence-electron chi connectivity index (χ1n) is 19.6. The number of nitrogens with two attached hydrogens (primary N) is 1. The van der Waals surface area contributed by atoms with Crippen LogP contribution in [0.5, 0.6) is 0 Å². The third-order valence-electron chi connectivity index (χ3n) is 10.3. The van der Waals surface area contributed by atoms with Crippen molar-refractivity contribution in [2.24, 2.45) is 16.6 Å². The molecule has 2 aromatic carbocycles. The molecule has 0 spiro atoms. The maximum absolute atomic E-state index is 13.9. The number of allylic oxidation sites excluding steroid dienone is 2. The quantitative estimate of drug-likeness (QED) is 0.0825. The van der Waals surface area contributed by atoms with Gasteiger partial charge in [0, 0.05) is 18.7 Å². The van der Waals surface area contributed by atoms with Gasteiger partial charge in [-0.25, -0.2) is 14.6 Å². The lowest BCUT2D eigenvalue weighted by Crippen LogP contribution is -2.54. The minimum atomic E-state index is -0.929. The summed E-state index contributed by atoms with van der Waals surface area (Å²) < 4.78 is 9.57. The average molecular weight is 801 g/mol. The lowest BCUT2D eigenvalue weighted by molar-refractivity contribution is -0.135. The van der Waals surface area contributed by atoms with E-state index in [-0.39, 0.29) is 29.6 Å². The lowest BCUT2D eigenvalue weighted by Gasteiger charge is -2.30. The van der Waals surface area contributed by atoms with Crippen molar-refractivity contribution < 1.29 is 28.7 Å². The molecule has 5 N–H and O–H groups in total. The number of benzene rings is 2. The van der Waals surface area contributed by atoms with Crippen LogP contribution in [0.15, 0.2) is 90.1 Å². The van der Waals surface area contributed by atoms with Gasteiger partial charge in [-0.3, -0.25) is 14.6 Å². The summed E-state index contributed by atoms with van der Waals surface area (Å²) in [7, 11) is 2.52. The van der Waals surface area contributed by atoms with Crippen LogP contribution < -0.4 is 16.4 Å². The number of rotatable bonds is 12. The molecular weight excluding hydrogens is 749 g/mol. The van der Waals surface area contributed by atoms with Crippen LogP contribution in [-0.2, 0) is 19.1 Å². The third kappa shape index (κ3) is 10.8. The highest BCUT2D eigenvalue weighted by molar-refractivity contribution is 5.94. The molecule has 308 valence electrons. The van der Waals surface area contributed by atoms with Crippen molar-refractivity contribution in [1.29, 1.82) is 0 Å². The van der Waals surface area contributed by atoms with Gasteiger partial charge in [0.05, 0.1) is 38.5 Å². The van der Waals surface area contributed by atoms with E-state index in [9.17, 15) is 19.2 Å². The second kappa shape index (κ2) is 20.6. The molecule has 1 unspecified atom stereocenters. The van der Waals surface area contributed by atoms with Crippen LogP contribution in [0.3, 0.4) is 0 Å². The Morgan fingerprint density at radius 2 is 1.56 bits per heavy atom. The van der Waals surface area contributed by atoms with Crippen LogP contribution in [0.2, 0.25) is 0 Å². The number of amidine groups is 1. The van der Waals surface area contributed by atoms with Crippen molar-refractivity contribution in [3.63, 3.8) is 0 Å². The maximum Gasteiger partial charge on any atom is 0.407 e. The van der Waals surface area contributed by atoms with Crippen LogP contribution in [0.25, 0.3) is 5.57 Å². The molecular formula is C45H52N8O6. The van der Waals surface area contributed by atoms with Crippen molar-refractivity contribution in [3.05, 3.63) is 108 Å². The second-order valence-corrected chi connectivity index (χ2v) is 14.5. The molecule has 2 saturated heterocycles. The number of ether oxygens (including phenoxy) is 2. The summed E-state index contributed by atoms with van der Waals surface area (Å²) in [6.45, 7) is 10.6. The first-order valence-corrected chi connectivity index (χ1v) is 19.6. The number of hydrogen-bond donors (Lipinski definition) is 4. The molecule has 5 atom stereocenters. The Labute approximate surface area is 345 Å². The fraction of sp³-hybridized carbons (Fsp3) is 0.378. The van der Waals surface area contributed by atoms with E-state index in [1.807, 2.05) is 69.3 Å². The molecule has 0 radical (unpaired) electrons. The molecule has 2 fully saturated rings. The molecule has 1 aromatic heterocycles. The summed E-state index contributed by atoms with van der Waals surface area (Å²) >= 11 is 0. The highest BCUT2D eigenvalue weighted by atomic mass is 16.5. The zero-order chi connectivity index (χ0) is 42.5. The van der Waals surface area contributed by atoms with Gasteiger partial charge >= 0.3 is 12.2 Å². The number of alkyl carbamates (subject to hydrolysis) is 2. The van der Waals surface area contributed by atoms with Crippen molar-refractivity contribution in [2.45, 2.75) is 76.7 Å². The summed E-state index contributed by atoms with van der Waals surface area (Å²) in [5, 5.41) is 5.34. The standard InChI is InChI=1S/C45H52N8O6/c1-7-34(31-18-10-8-11-19-31)35(30(4)48-40(46)36-24-16-26-52(36)42(54)38(29(2)3)50-44(56)58-5)23-15-14-22-33-28-47-41(49-33)37-25-17-27-53(37)43(55)39(51-45(57)59-6)32-20-12-9-13-21-32/h7-13,18-21,28-30,36-39H,1,16-17,24-27H2,2-6H3,(H2,46,48)(H,47,49)(H,50,56)(H,51,57)/b35-34+/t30?,36-,37-,38-,39-/m0/s1. The van der Waals surface area contributed by atoms with Gasteiger partial charge < -0.3 is 40.6 Å². The van der Waals surface area contributed by atoms with Gasteiger partial charge in [-0.1, -0.05) is 93.1 Å². The fourth-order valence-corrected chi connectivity index (χ4v) is 7.35. The number of methoxy groups -OCH3 is 2. The minimum absolute atomic E-state index is 0.184. The molecule has 14 nitrogen and oxygen atoms in total. The summed E-state index contributed by atoms with van der Waals surface area (Å²) in [4.78, 5) is 67.9. The monoisotopic (exact) mass is 800 g/mol. The highest BCUT2D eigenvalue weighted by Crippen LogP contribution is 2.33. The summed E-state index contributed by atoms with van der Waals surface area (Å²) in [5.74, 6) is 12.3. The van der Waals surface area contributed by atoms with Crippen LogP contribution in [-0.4, -0.2) is 95.0 Å². The minimum Gasteiger partial charge on any atom is -0.453 e. The van der Waals surface area contributed by atoms with E-state index in [1.165, 1.54) is 14.2 Å². The SMILES string of the molecule is C=C/C(=C(/C#CC#Cc1cnc([C@@H]2CCCN2C(=O)[C@@H](NC(=O)OC)c2ccccc2)[nH]1)C(C)N=C(N)[C@@H]1CCCN1C(=O)[C@@H](NC(=O)OC)C(C)C)c1ccccc1. The maximum atomic E-state index is 13.9. The van der Waals surface area contributed by atoms with E-state index in [2.05, 4.69) is 50.9 Å². The van der Waals surface area contributed by atoms with Crippen LogP contribution in [0.4, 0.5) is 9.59 Å². The first-order chi connectivity index (χ1) is 28.5. The molecule has 2 aliphatic heterocycles. The van der Waals surface area contributed by atoms with E-state index in [4.69, 9.17) is 20.2 Å². The van der Waals surface area contributed by atoms with Gasteiger partial charge in [-0.15, -0.1) is 0 Å². The van der Waals surface area contributed by atoms with Gasteiger partial charge in [-0.2, -0.15) is 0 Å². The van der Waals surface area contributed by atoms with Gasteiger partial charge in [0.1, 0.15) is 29.4 Å². The van der Waals surface area contributed by atoms with Crippen LogP contribution >= 0.6 is 0 Å². The zero-order valence-corrected chi connectivity index (χ0v) is 34.2. The predicted molar refractivity (Wildman–Crippen MR) is 225 cm³/mol. The van der Waals surface area contributed by atoms with Gasteiger partial charge in [0.15, 0.2) is 0 Å². The first kappa shape index (κ1) is 43.3. The summed E-state index contributed by atoms with van der Waals surface area (Å²) in [6, 6.07) is 15.7. The molecule has 0 aliphatic carbocycles. The number of nitrogens with one attached hydrogen (secondary N) is 3. The topological polar surface area (TPSA) is 184 Å². The number of amides is 4.